The molecule has 0 saturated heterocycles. The molecule has 4 nitrogen and oxygen atoms in total. The van der Waals surface area contributed by atoms with E-state index in [1.54, 1.807) is 14.2 Å². The molecule has 4 heteroatoms. The molecule has 1 rings (SSSR count). The lowest BCUT2D eigenvalue weighted by Crippen LogP contribution is -2.41. The number of hydrogen-bond acceptors (Lipinski definition) is 4. The molecule has 1 atom stereocenters. The molecule has 0 saturated carbocycles. The molecule has 0 bridgehead atoms. The highest BCUT2D eigenvalue weighted by Crippen LogP contribution is 2.28. The average molecular weight is 295 g/mol. The first-order valence-electron chi connectivity index (χ1n) is 7.41. The molecule has 2 N–H and O–H groups in total. The normalized spacial score (nSPS) is 13.3. The first-order valence-corrected chi connectivity index (χ1v) is 7.41. The Morgan fingerprint density at radius 2 is 1.76 bits per heavy atom. The Bertz CT molecular complexity index is 444. The van der Waals surface area contributed by atoms with Gasteiger partial charge in [0.1, 0.15) is 0 Å². The van der Waals surface area contributed by atoms with Gasteiger partial charge in [0.05, 0.1) is 20.3 Å². The fourth-order valence-electron chi connectivity index (χ4n) is 2.53. The van der Waals surface area contributed by atoms with Gasteiger partial charge in [-0.2, -0.15) is 0 Å². The predicted octanol–water partition coefficient (Wildman–Crippen LogP) is 2.84. The number of aliphatic hydroxyl groups excluding tert-OH is 1. The molecule has 1 aromatic rings. The van der Waals surface area contributed by atoms with Crippen molar-refractivity contribution in [1.29, 1.82) is 0 Å². The van der Waals surface area contributed by atoms with E-state index in [-0.39, 0.29) is 17.4 Å². The van der Waals surface area contributed by atoms with Crippen LogP contribution in [0.2, 0.25) is 0 Å². The molecule has 0 aliphatic rings. The van der Waals surface area contributed by atoms with Crippen molar-refractivity contribution in [1.82, 2.24) is 5.32 Å². The number of rotatable bonds is 8. The molecule has 1 unspecified atom stereocenters. The average Bonchev–Trinajstić information content (AvgIpc) is 2.45. The van der Waals surface area contributed by atoms with Gasteiger partial charge in [-0.15, -0.1) is 0 Å². The summed E-state index contributed by atoms with van der Waals surface area (Å²) in [5, 5.41) is 13.6. The second kappa shape index (κ2) is 7.66. The molecule has 0 radical (unpaired) electrons. The van der Waals surface area contributed by atoms with Crippen molar-refractivity contribution in [3.05, 3.63) is 23.8 Å². The van der Waals surface area contributed by atoms with Crippen LogP contribution in [-0.2, 0) is 6.54 Å². The number of aliphatic hydroxyl groups is 1. The van der Waals surface area contributed by atoms with Crippen LogP contribution in [0.4, 0.5) is 0 Å². The SMILES string of the molecule is COc1ccc(CNCC(C)(C)C(O)C(C)C)cc1OC. The fourth-order valence-corrected chi connectivity index (χ4v) is 2.53. The maximum absolute atomic E-state index is 10.2. The summed E-state index contributed by atoms with van der Waals surface area (Å²) in [6.45, 7) is 9.73. The molecule has 0 fully saturated rings. The van der Waals surface area contributed by atoms with Gasteiger partial charge in [-0.3, -0.25) is 0 Å². The summed E-state index contributed by atoms with van der Waals surface area (Å²) in [5.41, 5.74) is 0.965. The lowest BCUT2D eigenvalue weighted by Gasteiger charge is -2.33. The number of benzene rings is 1. The number of methoxy groups -OCH3 is 2. The Kier molecular flexibility index (Phi) is 6.49. The van der Waals surface area contributed by atoms with Gasteiger partial charge in [0, 0.05) is 18.5 Å². The Morgan fingerprint density at radius 1 is 1.14 bits per heavy atom. The summed E-state index contributed by atoms with van der Waals surface area (Å²) < 4.78 is 10.5. The zero-order valence-electron chi connectivity index (χ0n) is 14.1. The van der Waals surface area contributed by atoms with Crippen LogP contribution >= 0.6 is 0 Å². The minimum Gasteiger partial charge on any atom is -0.493 e. The van der Waals surface area contributed by atoms with Crippen LogP contribution in [0, 0.1) is 11.3 Å². The topological polar surface area (TPSA) is 50.7 Å². The van der Waals surface area contributed by atoms with Crippen molar-refractivity contribution in [2.45, 2.75) is 40.3 Å². The largest absolute Gasteiger partial charge is 0.493 e. The quantitative estimate of drug-likeness (QED) is 0.774. The second-order valence-corrected chi connectivity index (χ2v) is 6.47. The summed E-state index contributed by atoms with van der Waals surface area (Å²) in [7, 11) is 3.27. The predicted molar refractivity (Wildman–Crippen MR) is 85.9 cm³/mol. The molecule has 0 aliphatic carbocycles. The van der Waals surface area contributed by atoms with Crippen molar-refractivity contribution < 1.29 is 14.6 Å². The van der Waals surface area contributed by atoms with E-state index in [4.69, 9.17) is 9.47 Å². The highest BCUT2D eigenvalue weighted by Gasteiger charge is 2.29. The van der Waals surface area contributed by atoms with Crippen LogP contribution in [0.25, 0.3) is 0 Å². The smallest absolute Gasteiger partial charge is 0.161 e. The van der Waals surface area contributed by atoms with Crippen molar-refractivity contribution in [2.24, 2.45) is 11.3 Å². The van der Waals surface area contributed by atoms with E-state index in [2.05, 4.69) is 19.2 Å². The van der Waals surface area contributed by atoms with E-state index in [0.29, 0.717) is 0 Å². The first kappa shape index (κ1) is 17.8. The maximum atomic E-state index is 10.2. The third-order valence-electron chi connectivity index (χ3n) is 3.79. The van der Waals surface area contributed by atoms with Gasteiger partial charge in [-0.1, -0.05) is 33.8 Å². The van der Waals surface area contributed by atoms with Gasteiger partial charge >= 0.3 is 0 Å². The number of ether oxygens (including phenoxy) is 2. The summed E-state index contributed by atoms with van der Waals surface area (Å²) in [4.78, 5) is 0. The second-order valence-electron chi connectivity index (χ2n) is 6.47. The molecular weight excluding hydrogens is 266 g/mol. The van der Waals surface area contributed by atoms with Crippen molar-refractivity contribution in [2.75, 3.05) is 20.8 Å². The van der Waals surface area contributed by atoms with Gasteiger partial charge in [0.25, 0.3) is 0 Å². The van der Waals surface area contributed by atoms with Gasteiger partial charge < -0.3 is 19.9 Å². The first-order chi connectivity index (χ1) is 9.81. The fraction of sp³-hybridized carbons (Fsp3) is 0.647. The monoisotopic (exact) mass is 295 g/mol. The molecule has 1 aromatic carbocycles. The van der Waals surface area contributed by atoms with Crippen LogP contribution in [0.15, 0.2) is 18.2 Å². The van der Waals surface area contributed by atoms with Gasteiger partial charge in [-0.25, -0.2) is 0 Å². The summed E-state index contributed by atoms with van der Waals surface area (Å²) in [6, 6.07) is 5.89. The Hall–Kier alpha value is -1.26. The van der Waals surface area contributed by atoms with Gasteiger partial charge in [0.15, 0.2) is 11.5 Å². The Morgan fingerprint density at radius 3 is 2.29 bits per heavy atom. The molecule has 120 valence electrons. The zero-order chi connectivity index (χ0) is 16.0. The molecule has 21 heavy (non-hydrogen) atoms. The van der Waals surface area contributed by atoms with Gasteiger partial charge in [-0.05, 0) is 23.6 Å². The third-order valence-corrected chi connectivity index (χ3v) is 3.79. The molecule has 0 heterocycles. The summed E-state index contributed by atoms with van der Waals surface area (Å²) in [6.07, 6.45) is -0.324. The van der Waals surface area contributed by atoms with Gasteiger partial charge in [0.2, 0.25) is 0 Å². The third kappa shape index (κ3) is 4.90. The lowest BCUT2D eigenvalue weighted by molar-refractivity contribution is 0.0134. The molecular formula is C17H29NO3. The minimum atomic E-state index is -0.324. The molecule has 0 spiro atoms. The lowest BCUT2D eigenvalue weighted by atomic mass is 9.80. The summed E-state index contributed by atoms with van der Waals surface area (Å²) in [5.74, 6) is 1.72. The Labute approximate surface area is 128 Å². The highest BCUT2D eigenvalue weighted by atomic mass is 16.5. The van der Waals surface area contributed by atoms with E-state index in [1.165, 1.54) is 0 Å². The van der Waals surface area contributed by atoms with E-state index >= 15 is 0 Å². The number of hydrogen-bond donors (Lipinski definition) is 2. The standard InChI is InChI=1S/C17H29NO3/c1-12(2)16(19)17(3,4)11-18-10-13-7-8-14(20-5)15(9-13)21-6/h7-9,12,16,18-19H,10-11H2,1-6H3. The van der Waals surface area contributed by atoms with E-state index < -0.39 is 0 Å². The Balaban J connectivity index is 2.60. The van der Waals surface area contributed by atoms with Crippen LogP contribution in [0.3, 0.4) is 0 Å². The molecule has 0 aliphatic heterocycles. The van der Waals surface area contributed by atoms with Crippen LogP contribution in [0.5, 0.6) is 11.5 Å². The zero-order valence-corrected chi connectivity index (χ0v) is 14.1. The van der Waals surface area contributed by atoms with Crippen molar-refractivity contribution >= 4 is 0 Å². The van der Waals surface area contributed by atoms with Crippen molar-refractivity contribution in [3.63, 3.8) is 0 Å². The van der Waals surface area contributed by atoms with E-state index in [0.717, 1.165) is 30.2 Å². The molecule has 0 aromatic heterocycles. The molecule has 0 amide bonds. The minimum absolute atomic E-state index is 0.162. The van der Waals surface area contributed by atoms with E-state index in [1.807, 2.05) is 32.0 Å². The van der Waals surface area contributed by atoms with Crippen LogP contribution < -0.4 is 14.8 Å². The van der Waals surface area contributed by atoms with E-state index in [9.17, 15) is 5.11 Å². The highest BCUT2D eigenvalue weighted by molar-refractivity contribution is 5.42. The summed E-state index contributed by atoms with van der Waals surface area (Å²) >= 11 is 0. The van der Waals surface area contributed by atoms with Crippen LogP contribution in [0.1, 0.15) is 33.3 Å². The van der Waals surface area contributed by atoms with Crippen LogP contribution in [-0.4, -0.2) is 32.0 Å². The number of nitrogens with one attached hydrogen (secondary N) is 1. The van der Waals surface area contributed by atoms with Crippen molar-refractivity contribution in [3.8, 4) is 11.5 Å². The maximum Gasteiger partial charge on any atom is 0.161 e.